The molecule has 2 N–H and O–H groups in total. The normalized spacial score (nSPS) is 34.1. The van der Waals surface area contributed by atoms with Crippen LogP contribution in [0.2, 0.25) is 0 Å². The Balaban J connectivity index is 1.93. The molecule has 2 saturated carbocycles. The lowest BCUT2D eigenvalue weighted by Crippen LogP contribution is -2.44. The fourth-order valence-electron chi connectivity index (χ4n) is 3.61. The number of carbonyl (C=O) groups is 1. The number of carbonyl (C=O) groups excluding carboxylic acids is 1. The predicted octanol–water partition coefficient (Wildman–Crippen LogP) is 2.09. The van der Waals surface area contributed by atoms with E-state index in [2.05, 4.69) is 5.32 Å². The molecule has 0 unspecified atom stereocenters. The van der Waals surface area contributed by atoms with E-state index >= 15 is 0 Å². The van der Waals surface area contributed by atoms with E-state index in [0.717, 1.165) is 12.3 Å². The number of alkyl carbamates (subject to hydrolysis) is 1. The molecule has 2 aliphatic rings. The maximum atomic E-state index is 11.6. The minimum absolute atomic E-state index is 0.0940. The largest absolute Gasteiger partial charge is 0.450 e. The summed E-state index contributed by atoms with van der Waals surface area (Å²) in [6.45, 7) is 2.33. The van der Waals surface area contributed by atoms with E-state index in [1.807, 2.05) is 13.0 Å². The van der Waals surface area contributed by atoms with Crippen LogP contribution >= 0.6 is 0 Å². The lowest BCUT2D eigenvalue weighted by atomic mass is 9.82. The lowest BCUT2D eigenvalue weighted by molar-refractivity contribution is 0.136. The van der Waals surface area contributed by atoms with Crippen molar-refractivity contribution in [3.8, 4) is 0 Å². The number of aliphatic hydroxyl groups excluding tert-OH is 1. The van der Waals surface area contributed by atoms with Gasteiger partial charge in [0.15, 0.2) is 0 Å². The molecule has 0 aliphatic heterocycles. The van der Waals surface area contributed by atoms with Crippen LogP contribution in [0, 0.1) is 17.8 Å². The van der Waals surface area contributed by atoms with Gasteiger partial charge in [0.05, 0.1) is 13.2 Å². The van der Waals surface area contributed by atoms with Gasteiger partial charge in [0, 0.05) is 6.04 Å². The van der Waals surface area contributed by atoms with Gasteiger partial charge in [0.2, 0.25) is 0 Å². The Morgan fingerprint density at radius 1 is 1.39 bits per heavy atom. The van der Waals surface area contributed by atoms with Crippen molar-refractivity contribution in [2.75, 3.05) is 13.2 Å². The van der Waals surface area contributed by atoms with Crippen molar-refractivity contribution in [3.63, 3.8) is 0 Å². The molecule has 4 nitrogen and oxygen atoms in total. The molecule has 0 saturated heterocycles. The zero-order chi connectivity index (χ0) is 13.0. The van der Waals surface area contributed by atoms with Gasteiger partial charge in [-0.3, -0.25) is 0 Å². The minimum Gasteiger partial charge on any atom is -0.450 e. The zero-order valence-corrected chi connectivity index (χ0v) is 11.0. The lowest BCUT2D eigenvalue weighted by Gasteiger charge is -2.30. The summed E-state index contributed by atoms with van der Waals surface area (Å²) in [6, 6.07) is 0.256. The molecule has 4 heteroatoms. The van der Waals surface area contributed by atoms with Crippen molar-refractivity contribution in [1.82, 2.24) is 5.32 Å². The monoisotopic (exact) mass is 253 g/mol. The van der Waals surface area contributed by atoms with E-state index in [1.165, 1.54) is 19.3 Å². The summed E-state index contributed by atoms with van der Waals surface area (Å²) < 4.78 is 4.98. The first-order chi connectivity index (χ1) is 8.76. The molecule has 0 heterocycles. The number of aliphatic hydroxyl groups is 1. The topological polar surface area (TPSA) is 58.6 Å². The summed E-state index contributed by atoms with van der Waals surface area (Å²) in [5.74, 6) is 1.85. The molecule has 4 atom stereocenters. The average Bonchev–Trinajstić information content (AvgIpc) is 2.92. The van der Waals surface area contributed by atoms with Crippen LogP contribution in [0.4, 0.5) is 4.79 Å². The summed E-state index contributed by atoms with van der Waals surface area (Å²) in [6.07, 6.45) is 8.21. The van der Waals surface area contributed by atoms with E-state index in [-0.39, 0.29) is 18.7 Å². The van der Waals surface area contributed by atoms with Crippen LogP contribution in [0.25, 0.3) is 0 Å². The number of fused-ring (bicyclic) bond motifs is 2. The van der Waals surface area contributed by atoms with E-state index in [4.69, 9.17) is 9.84 Å². The third-order valence-electron chi connectivity index (χ3n) is 4.33. The Kier molecular flexibility index (Phi) is 4.64. The molecule has 0 spiro atoms. The second kappa shape index (κ2) is 6.23. The van der Waals surface area contributed by atoms with Gasteiger partial charge in [-0.25, -0.2) is 4.79 Å². The molecule has 102 valence electrons. The van der Waals surface area contributed by atoms with Crippen molar-refractivity contribution in [2.45, 2.75) is 38.6 Å². The Labute approximate surface area is 108 Å². The summed E-state index contributed by atoms with van der Waals surface area (Å²) >= 11 is 0. The molecule has 0 aromatic heterocycles. The van der Waals surface area contributed by atoms with E-state index in [0.29, 0.717) is 18.4 Å². The van der Waals surface area contributed by atoms with Crippen LogP contribution in [0.3, 0.4) is 0 Å². The van der Waals surface area contributed by atoms with Crippen LogP contribution in [-0.2, 0) is 4.74 Å². The first kappa shape index (κ1) is 13.4. The van der Waals surface area contributed by atoms with Gasteiger partial charge in [-0.1, -0.05) is 12.2 Å². The highest BCUT2D eigenvalue weighted by molar-refractivity contribution is 5.67. The highest BCUT2D eigenvalue weighted by atomic mass is 16.5. The van der Waals surface area contributed by atoms with Crippen LogP contribution in [0.1, 0.15) is 32.6 Å². The number of ether oxygens (including phenoxy) is 1. The maximum absolute atomic E-state index is 11.6. The van der Waals surface area contributed by atoms with Gasteiger partial charge < -0.3 is 15.2 Å². The van der Waals surface area contributed by atoms with Gasteiger partial charge in [-0.05, 0) is 50.4 Å². The molecule has 0 radical (unpaired) electrons. The molecule has 2 rings (SSSR count). The molecule has 18 heavy (non-hydrogen) atoms. The van der Waals surface area contributed by atoms with Gasteiger partial charge in [0.25, 0.3) is 0 Å². The number of hydrogen-bond donors (Lipinski definition) is 2. The van der Waals surface area contributed by atoms with Crippen molar-refractivity contribution < 1.29 is 14.6 Å². The van der Waals surface area contributed by atoms with E-state index in [9.17, 15) is 4.79 Å². The standard InChI is InChI=1S/C14H23NO3/c1-2-18-14(17)15-13-11-7-6-10(9-11)12(13)5-3-4-8-16/h3-4,10-13,16H,2,5-9H2,1H3,(H,15,17)/b4-3-/t10-,11+,12-,13-/m0/s1. The molecule has 0 aromatic carbocycles. The SMILES string of the molecule is CCOC(=O)N[C@H]1[C@@H]2CC[C@@H](C2)[C@@H]1C/C=C\CO. The van der Waals surface area contributed by atoms with Crippen LogP contribution in [0.5, 0.6) is 0 Å². The molecular weight excluding hydrogens is 230 g/mol. The molecule has 2 fully saturated rings. The summed E-state index contributed by atoms with van der Waals surface area (Å²) in [7, 11) is 0. The second-order valence-electron chi connectivity index (χ2n) is 5.28. The highest BCUT2D eigenvalue weighted by Gasteiger charge is 2.47. The fraction of sp³-hybridized carbons (Fsp3) is 0.786. The maximum Gasteiger partial charge on any atom is 0.407 e. The molecule has 2 aliphatic carbocycles. The Morgan fingerprint density at radius 2 is 2.17 bits per heavy atom. The number of rotatable bonds is 5. The van der Waals surface area contributed by atoms with Crippen molar-refractivity contribution in [1.29, 1.82) is 0 Å². The zero-order valence-electron chi connectivity index (χ0n) is 11.0. The van der Waals surface area contributed by atoms with E-state index in [1.54, 1.807) is 6.08 Å². The molecule has 0 aromatic rings. The summed E-state index contributed by atoms with van der Waals surface area (Å²) in [4.78, 5) is 11.6. The Bertz CT molecular complexity index is 316. The minimum atomic E-state index is -0.286. The number of amides is 1. The number of allylic oxidation sites excluding steroid dienone is 1. The summed E-state index contributed by atoms with van der Waals surface area (Å²) in [5, 5.41) is 11.8. The first-order valence-corrected chi connectivity index (χ1v) is 6.95. The Hall–Kier alpha value is -1.03. The van der Waals surface area contributed by atoms with Crippen LogP contribution < -0.4 is 5.32 Å². The quantitative estimate of drug-likeness (QED) is 0.738. The van der Waals surface area contributed by atoms with Crippen molar-refractivity contribution >= 4 is 6.09 Å². The molecular formula is C14H23NO3. The first-order valence-electron chi connectivity index (χ1n) is 6.95. The fourth-order valence-corrected chi connectivity index (χ4v) is 3.61. The third-order valence-corrected chi connectivity index (χ3v) is 4.33. The Morgan fingerprint density at radius 3 is 2.89 bits per heavy atom. The van der Waals surface area contributed by atoms with Gasteiger partial charge in [0.1, 0.15) is 0 Å². The second-order valence-corrected chi connectivity index (χ2v) is 5.28. The van der Waals surface area contributed by atoms with Crippen molar-refractivity contribution in [3.05, 3.63) is 12.2 Å². The van der Waals surface area contributed by atoms with Crippen LogP contribution in [0.15, 0.2) is 12.2 Å². The smallest absolute Gasteiger partial charge is 0.407 e. The summed E-state index contributed by atoms with van der Waals surface area (Å²) in [5.41, 5.74) is 0. The van der Waals surface area contributed by atoms with Gasteiger partial charge in [-0.2, -0.15) is 0 Å². The van der Waals surface area contributed by atoms with Crippen LogP contribution in [-0.4, -0.2) is 30.5 Å². The van der Waals surface area contributed by atoms with Gasteiger partial charge in [-0.15, -0.1) is 0 Å². The number of nitrogens with one attached hydrogen (secondary N) is 1. The molecule has 1 amide bonds. The molecule has 2 bridgehead atoms. The van der Waals surface area contributed by atoms with Crippen molar-refractivity contribution in [2.24, 2.45) is 17.8 Å². The van der Waals surface area contributed by atoms with Gasteiger partial charge >= 0.3 is 6.09 Å². The highest BCUT2D eigenvalue weighted by Crippen LogP contribution is 2.49. The predicted molar refractivity (Wildman–Crippen MR) is 69.1 cm³/mol. The third kappa shape index (κ3) is 2.86. The average molecular weight is 253 g/mol. The van der Waals surface area contributed by atoms with E-state index < -0.39 is 0 Å². The number of hydrogen-bond acceptors (Lipinski definition) is 3.